The monoisotopic (exact) mass is 430 g/mol. The van der Waals surface area contributed by atoms with E-state index in [1.54, 1.807) is 36.4 Å². The van der Waals surface area contributed by atoms with Crippen LogP contribution in [0, 0.1) is 0 Å². The zero-order chi connectivity index (χ0) is 19.8. The highest BCUT2D eigenvalue weighted by Gasteiger charge is 2.20. The smallest absolute Gasteiger partial charge is 0.347 e. The molecule has 4 aromatic carbocycles. The van der Waals surface area contributed by atoms with Crippen molar-refractivity contribution < 1.29 is 14.3 Å². The first-order valence-electron chi connectivity index (χ1n) is 8.35. The predicted octanol–water partition coefficient (Wildman–Crippen LogP) is 7.18. The Morgan fingerprint density at radius 1 is 0.857 bits per heavy atom. The van der Waals surface area contributed by atoms with E-state index in [9.17, 15) is 4.79 Å². The molecule has 4 rings (SSSR count). The standard InChI is InChI=1S/C22H13Cl3O3/c1-27-19-11-13(23)8-9-15(19)22(26)28-21-14-5-3-6-17(24)16(14)10-12-4-2-7-18(25)20(12)21/h2-11H,1H3. The van der Waals surface area contributed by atoms with Gasteiger partial charge in [-0.1, -0.05) is 59.1 Å². The molecule has 0 radical (unpaired) electrons. The molecule has 0 atom stereocenters. The number of carbonyl (C=O) groups excluding carboxylic acids is 1. The van der Waals surface area contributed by atoms with Crippen molar-refractivity contribution in [3.63, 3.8) is 0 Å². The van der Waals surface area contributed by atoms with Crippen LogP contribution in [-0.2, 0) is 0 Å². The van der Waals surface area contributed by atoms with Crippen LogP contribution in [0.3, 0.4) is 0 Å². The number of halogens is 3. The van der Waals surface area contributed by atoms with E-state index < -0.39 is 5.97 Å². The van der Waals surface area contributed by atoms with Crippen LogP contribution in [0.15, 0.2) is 60.7 Å². The highest BCUT2D eigenvalue weighted by molar-refractivity contribution is 6.39. The normalized spacial score (nSPS) is 11.0. The number of hydrogen-bond acceptors (Lipinski definition) is 3. The summed E-state index contributed by atoms with van der Waals surface area (Å²) in [6.07, 6.45) is 0. The van der Waals surface area contributed by atoms with Crippen LogP contribution in [-0.4, -0.2) is 13.1 Å². The zero-order valence-corrected chi connectivity index (χ0v) is 16.9. The fourth-order valence-electron chi connectivity index (χ4n) is 3.16. The molecule has 0 N–H and O–H groups in total. The quantitative estimate of drug-likeness (QED) is 0.196. The van der Waals surface area contributed by atoms with Gasteiger partial charge >= 0.3 is 5.97 Å². The van der Waals surface area contributed by atoms with E-state index in [-0.39, 0.29) is 5.56 Å². The van der Waals surface area contributed by atoms with E-state index in [4.69, 9.17) is 44.3 Å². The van der Waals surface area contributed by atoms with Crippen molar-refractivity contribution in [3.8, 4) is 11.5 Å². The number of benzene rings is 4. The number of ether oxygens (including phenoxy) is 2. The highest BCUT2D eigenvalue weighted by atomic mass is 35.5. The van der Waals surface area contributed by atoms with Gasteiger partial charge in [0, 0.05) is 26.2 Å². The summed E-state index contributed by atoms with van der Waals surface area (Å²) in [6, 6.07) is 17.6. The lowest BCUT2D eigenvalue weighted by Gasteiger charge is -2.15. The molecule has 0 saturated heterocycles. The van der Waals surface area contributed by atoms with E-state index >= 15 is 0 Å². The molecule has 0 saturated carbocycles. The van der Waals surface area contributed by atoms with E-state index in [1.807, 2.05) is 24.3 Å². The van der Waals surface area contributed by atoms with E-state index in [1.165, 1.54) is 7.11 Å². The molecular weight excluding hydrogens is 419 g/mol. The Morgan fingerprint density at radius 2 is 1.61 bits per heavy atom. The first kappa shape index (κ1) is 18.9. The van der Waals surface area contributed by atoms with Gasteiger partial charge < -0.3 is 9.47 Å². The van der Waals surface area contributed by atoms with Gasteiger partial charge in [-0.2, -0.15) is 0 Å². The third-order valence-electron chi connectivity index (χ3n) is 4.45. The molecule has 0 amide bonds. The molecule has 6 heteroatoms. The minimum Gasteiger partial charge on any atom is -0.496 e. The van der Waals surface area contributed by atoms with Crippen molar-refractivity contribution >= 4 is 62.3 Å². The van der Waals surface area contributed by atoms with E-state index in [0.717, 1.165) is 10.8 Å². The summed E-state index contributed by atoms with van der Waals surface area (Å²) in [5, 5.41) is 4.41. The van der Waals surface area contributed by atoms with Crippen LogP contribution in [0.2, 0.25) is 15.1 Å². The Bertz CT molecular complexity index is 1230. The van der Waals surface area contributed by atoms with Gasteiger partial charge in [0.15, 0.2) is 0 Å². The minimum atomic E-state index is -0.581. The molecule has 3 nitrogen and oxygen atoms in total. The summed E-state index contributed by atoms with van der Waals surface area (Å²) in [4.78, 5) is 13.0. The first-order chi connectivity index (χ1) is 13.5. The summed E-state index contributed by atoms with van der Waals surface area (Å²) in [5.41, 5.74) is 0.256. The number of methoxy groups -OCH3 is 1. The number of fused-ring (bicyclic) bond motifs is 2. The average molecular weight is 432 g/mol. The lowest BCUT2D eigenvalue weighted by Crippen LogP contribution is -2.11. The molecule has 0 aliphatic carbocycles. The molecule has 0 aromatic heterocycles. The molecular formula is C22H13Cl3O3. The Kier molecular flexibility index (Phi) is 5.07. The van der Waals surface area contributed by atoms with Crippen LogP contribution in [0.5, 0.6) is 11.5 Å². The van der Waals surface area contributed by atoms with Crippen LogP contribution in [0.4, 0.5) is 0 Å². The summed E-state index contributed by atoms with van der Waals surface area (Å²) < 4.78 is 11.1. The largest absolute Gasteiger partial charge is 0.496 e. The molecule has 0 aliphatic rings. The maximum Gasteiger partial charge on any atom is 0.347 e. The van der Waals surface area contributed by atoms with Gasteiger partial charge in [-0.25, -0.2) is 4.79 Å². The van der Waals surface area contributed by atoms with E-state index in [0.29, 0.717) is 37.3 Å². The Morgan fingerprint density at radius 3 is 2.39 bits per heavy atom. The number of carbonyl (C=O) groups is 1. The van der Waals surface area contributed by atoms with Crippen molar-refractivity contribution in [2.45, 2.75) is 0 Å². The zero-order valence-electron chi connectivity index (χ0n) is 14.6. The molecule has 4 aromatic rings. The summed E-state index contributed by atoms with van der Waals surface area (Å²) in [7, 11) is 1.46. The van der Waals surface area contributed by atoms with Crippen LogP contribution in [0.1, 0.15) is 10.4 Å². The van der Waals surface area contributed by atoms with Crippen LogP contribution in [0.25, 0.3) is 21.5 Å². The van der Waals surface area contributed by atoms with Crippen molar-refractivity contribution in [2.75, 3.05) is 7.11 Å². The SMILES string of the molecule is COc1cc(Cl)ccc1C(=O)Oc1c2cccc(Cl)c2cc2cccc(Cl)c12. The van der Waals surface area contributed by atoms with Gasteiger partial charge in [-0.15, -0.1) is 0 Å². The molecule has 0 spiro atoms. The second-order valence-corrected chi connectivity index (χ2v) is 7.36. The summed E-state index contributed by atoms with van der Waals surface area (Å²) >= 11 is 18.8. The second kappa shape index (κ2) is 7.51. The minimum absolute atomic E-state index is 0.256. The van der Waals surface area contributed by atoms with Crippen molar-refractivity contribution in [3.05, 3.63) is 81.3 Å². The van der Waals surface area contributed by atoms with Crippen LogP contribution < -0.4 is 9.47 Å². The fraction of sp³-hybridized carbons (Fsp3) is 0.0455. The Balaban J connectivity index is 1.94. The summed E-state index contributed by atoms with van der Waals surface area (Å²) in [5.74, 6) is 0.0935. The number of hydrogen-bond donors (Lipinski definition) is 0. The lowest BCUT2D eigenvalue weighted by atomic mass is 10.0. The van der Waals surface area contributed by atoms with Gasteiger partial charge in [0.1, 0.15) is 17.1 Å². The molecule has 0 unspecified atom stereocenters. The Labute approximate surface area is 176 Å². The van der Waals surface area contributed by atoms with E-state index in [2.05, 4.69) is 0 Å². The first-order valence-corrected chi connectivity index (χ1v) is 9.48. The van der Waals surface area contributed by atoms with Crippen LogP contribution >= 0.6 is 34.8 Å². The third kappa shape index (κ3) is 3.26. The van der Waals surface area contributed by atoms with Gasteiger partial charge in [0.2, 0.25) is 0 Å². The molecule has 140 valence electrons. The van der Waals surface area contributed by atoms with Crippen molar-refractivity contribution in [1.29, 1.82) is 0 Å². The molecule has 0 fully saturated rings. The van der Waals surface area contributed by atoms with Crippen molar-refractivity contribution in [1.82, 2.24) is 0 Å². The lowest BCUT2D eigenvalue weighted by molar-refractivity contribution is 0.0736. The number of esters is 1. The topological polar surface area (TPSA) is 35.5 Å². The molecule has 0 bridgehead atoms. The molecule has 28 heavy (non-hydrogen) atoms. The maximum absolute atomic E-state index is 13.0. The fourth-order valence-corrected chi connectivity index (χ4v) is 3.82. The second-order valence-electron chi connectivity index (χ2n) is 6.11. The van der Waals surface area contributed by atoms with Gasteiger partial charge in [-0.3, -0.25) is 0 Å². The van der Waals surface area contributed by atoms with Gasteiger partial charge in [0.25, 0.3) is 0 Å². The molecule has 0 heterocycles. The maximum atomic E-state index is 13.0. The summed E-state index contributed by atoms with van der Waals surface area (Å²) in [6.45, 7) is 0. The van der Waals surface area contributed by atoms with Crippen molar-refractivity contribution in [2.24, 2.45) is 0 Å². The average Bonchev–Trinajstić information content (AvgIpc) is 2.68. The van der Waals surface area contributed by atoms with Gasteiger partial charge in [0.05, 0.1) is 12.1 Å². The third-order valence-corrected chi connectivity index (χ3v) is 5.33. The Hall–Kier alpha value is -2.46. The highest BCUT2D eigenvalue weighted by Crippen LogP contribution is 2.41. The predicted molar refractivity (Wildman–Crippen MR) is 114 cm³/mol. The van der Waals surface area contributed by atoms with Gasteiger partial charge in [-0.05, 0) is 41.8 Å². The molecule has 0 aliphatic heterocycles. The number of rotatable bonds is 3.